The third-order valence-corrected chi connectivity index (χ3v) is 6.82. The van der Waals surface area contributed by atoms with E-state index in [2.05, 4.69) is 0 Å². The van der Waals surface area contributed by atoms with E-state index in [-0.39, 0.29) is 34.8 Å². The minimum absolute atomic E-state index is 0.0208. The second-order valence-electron chi connectivity index (χ2n) is 9.30. The first-order valence-corrected chi connectivity index (χ1v) is 11.3. The van der Waals surface area contributed by atoms with E-state index in [1.165, 1.54) is 19.2 Å². The number of carbonyl (C=O) groups is 2. The molecule has 0 spiro atoms. The Bertz CT molecular complexity index is 1090. The average Bonchev–Trinajstić information content (AvgIpc) is 3.05. The highest BCUT2D eigenvalue weighted by Crippen LogP contribution is 2.43. The summed E-state index contributed by atoms with van der Waals surface area (Å²) in [5.41, 5.74) is 2.25. The molecule has 1 N–H and O–H groups in total. The van der Waals surface area contributed by atoms with Crippen LogP contribution in [-0.2, 0) is 14.9 Å². The number of likely N-dealkylation sites (tertiary alicyclic amines) is 1. The summed E-state index contributed by atoms with van der Waals surface area (Å²) in [7, 11) is 1.54. The fraction of sp³-hybridized carbons (Fsp3) is 0.458. The number of anilines is 2. The zero-order valence-corrected chi connectivity index (χ0v) is 19.6. The number of amides is 1. The Morgan fingerprint density at radius 1 is 1.30 bits per heavy atom. The van der Waals surface area contributed by atoms with Gasteiger partial charge in [-0.1, -0.05) is 25.4 Å². The second kappa shape index (κ2) is 8.91. The number of hydrogen-bond acceptors (Lipinski definition) is 5. The normalized spacial score (nSPS) is 21.7. The first-order chi connectivity index (χ1) is 15.6. The molecular formula is C24H27ClFN3O4. The number of hydrogen-bond donors (Lipinski definition) is 1. The van der Waals surface area contributed by atoms with E-state index in [0.717, 1.165) is 11.4 Å². The summed E-state index contributed by atoms with van der Waals surface area (Å²) < 4.78 is 19.6. The lowest BCUT2D eigenvalue weighted by molar-refractivity contribution is -0.140. The molecule has 0 aliphatic carbocycles. The van der Waals surface area contributed by atoms with Crippen LogP contribution in [0.3, 0.4) is 0 Å². The highest BCUT2D eigenvalue weighted by Gasteiger charge is 2.39. The number of piperidine rings is 1. The van der Waals surface area contributed by atoms with Gasteiger partial charge in [0.05, 0.1) is 28.9 Å². The van der Waals surface area contributed by atoms with Gasteiger partial charge in [0.25, 0.3) is 5.91 Å². The first kappa shape index (κ1) is 23.4. The molecule has 0 bridgehead atoms. The first-order valence-electron chi connectivity index (χ1n) is 10.9. The number of carboxylic acid groups (broad SMARTS) is 1. The van der Waals surface area contributed by atoms with Crippen molar-refractivity contribution < 1.29 is 23.8 Å². The van der Waals surface area contributed by atoms with Gasteiger partial charge < -0.3 is 19.6 Å². The summed E-state index contributed by atoms with van der Waals surface area (Å²) in [6, 6.07) is 8.23. The van der Waals surface area contributed by atoms with Crippen molar-refractivity contribution in [3.63, 3.8) is 0 Å². The summed E-state index contributed by atoms with van der Waals surface area (Å²) in [4.78, 5) is 32.8. The molecule has 1 fully saturated rings. The maximum absolute atomic E-state index is 14.1. The minimum Gasteiger partial charge on any atom is -0.481 e. The zero-order valence-electron chi connectivity index (χ0n) is 18.8. The molecule has 176 valence electrons. The fourth-order valence-electron chi connectivity index (χ4n) is 4.76. The van der Waals surface area contributed by atoms with Crippen molar-refractivity contribution in [2.24, 2.45) is 5.92 Å². The topological polar surface area (TPSA) is 83.0 Å². The Balaban J connectivity index is 1.58. The standard InChI is InChI=1S/C24H27ClFN3O4/c1-24(2)13-29(15-4-5-16(25)17(26)11-15)19-7-6-18(27-22(19)24)23(32)28-9-8-14(10-21(30)31)20(12-28)33-3/h4-7,11,14,20H,8-10,12-13H2,1-3H3,(H,30,31). The van der Waals surface area contributed by atoms with Gasteiger partial charge in [-0.3, -0.25) is 9.59 Å². The molecule has 1 aromatic carbocycles. The number of benzene rings is 1. The second-order valence-corrected chi connectivity index (χ2v) is 9.71. The number of fused-ring (bicyclic) bond motifs is 1. The number of carboxylic acids is 1. The largest absolute Gasteiger partial charge is 0.481 e. The predicted octanol–water partition coefficient (Wildman–Crippen LogP) is 4.26. The fourth-order valence-corrected chi connectivity index (χ4v) is 4.88. The van der Waals surface area contributed by atoms with Gasteiger partial charge in [-0.25, -0.2) is 9.37 Å². The molecule has 2 atom stereocenters. The van der Waals surface area contributed by atoms with Gasteiger partial charge in [-0.05, 0) is 42.7 Å². The number of methoxy groups -OCH3 is 1. The number of carbonyl (C=O) groups excluding carboxylic acids is 1. The molecule has 1 amide bonds. The molecule has 2 aromatic rings. The molecule has 2 aliphatic heterocycles. The number of ether oxygens (including phenoxy) is 1. The summed E-state index contributed by atoms with van der Waals surface area (Å²) in [5.74, 6) is -1.69. The van der Waals surface area contributed by atoms with Crippen LogP contribution in [-0.4, -0.2) is 59.7 Å². The van der Waals surface area contributed by atoms with E-state index in [0.29, 0.717) is 37.4 Å². The van der Waals surface area contributed by atoms with Crippen molar-refractivity contribution >= 4 is 34.9 Å². The van der Waals surface area contributed by atoms with Crippen LogP contribution in [0.2, 0.25) is 5.02 Å². The summed E-state index contributed by atoms with van der Waals surface area (Å²) >= 11 is 5.84. The maximum atomic E-state index is 14.1. The van der Waals surface area contributed by atoms with E-state index >= 15 is 0 Å². The number of halogens is 2. The molecule has 33 heavy (non-hydrogen) atoms. The monoisotopic (exact) mass is 475 g/mol. The van der Waals surface area contributed by atoms with Crippen LogP contribution in [0, 0.1) is 11.7 Å². The van der Waals surface area contributed by atoms with E-state index in [9.17, 15) is 14.0 Å². The van der Waals surface area contributed by atoms with Crippen molar-refractivity contribution in [1.29, 1.82) is 0 Å². The van der Waals surface area contributed by atoms with Gasteiger partial charge in [0, 0.05) is 37.8 Å². The van der Waals surface area contributed by atoms with Crippen molar-refractivity contribution in [3.05, 3.63) is 52.6 Å². The Morgan fingerprint density at radius 3 is 2.73 bits per heavy atom. The van der Waals surface area contributed by atoms with Gasteiger partial charge in [-0.15, -0.1) is 0 Å². The highest BCUT2D eigenvalue weighted by molar-refractivity contribution is 6.30. The van der Waals surface area contributed by atoms with Gasteiger partial charge in [-0.2, -0.15) is 0 Å². The number of aromatic nitrogens is 1. The van der Waals surface area contributed by atoms with Gasteiger partial charge in [0.1, 0.15) is 11.5 Å². The summed E-state index contributed by atoms with van der Waals surface area (Å²) in [6.45, 7) is 5.44. The lowest BCUT2D eigenvalue weighted by Gasteiger charge is -2.37. The van der Waals surface area contributed by atoms with Crippen LogP contribution < -0.4 is 4.90 Å². The summed E-state index contributed by atoms with van der Waals surface area (Å²) in [6.07, 6.45) is 0.246. The molecule has 2 unspecified atom stereocenters. The van der Waals surface area contributed by atoms with Crippen LogP contribution in [0.15, 0.2) is 30.3 Å². The van der Waals surface area contributed by atoms with Crippen LogP contribution in [0.5, 0.6) is 0 Å². The number of pyridine rings is 1. The molecule has 4 rings (SSSR count). The van der Waals surface area contributed by atoms with Crippen molar-refractivity contribution in [2.75, 3.05) is 31.6 Å². The zero-order chi connectivity index (χ0) is 23.9. The maximum Gasteiger partial charge on any atom is 0.303 e. The van der Waals surface area contributed by atoms with E-state index in [4.69, 9.17) is 26.4 Å². The third kappa shape index (κ3) is 4.54. The van der Waals surface area contributed by atoms with Crippen LogP contribution in [0.4, 0.5) is 15.8 Å². The quantitative estimate of drug-likeness (QED) is 0.696. The Kier molecular flexibility index (Phi) is 6.33. The predicted molar refractivity (Wildman–Crippen MR) is 123 cm³/mol. The molecule has 2 aliphatic rings. The van der Waals surface area contributed by atoms with Gasteiger partial charge in [0.2, 0.25) is 0 Å². The average molecular weight is 476 g/mol. The third-order valence-electron chi connectivity index (χ3n) is 6.52. The van der Waals surface area contributed by atoms with Crippen LogP contribution in [0.25, 0.3) is 0 Å². The van der Waals surface area contributed by atoms with Crippen molar-refractivity contribution in [1.82, 2.24) is 9.88 Å². The molecule has 7 nitrogen and oxygen atoms in total. The van der Waals surface area contributed by atoms with Gasteiger partial charge in [0.15, 0.2) is 0 Å². The van der Waals surface area contributed by atoms with E-state index in [1.807, 2.05) is 24.8 Å². The van der Waals surface area contributed by atoms with E-state index in [1.54, 1.807) is 17.0 Å². The lowest BCUT2D eigenvalue weighted by atomic mass is 9.90. The summed E-state index contributed by atoms with van der Waals surface area (Å²) in [5, 5.41) is 9.19. The van der Waals surface area contributed by atoms with Crippen molar-refractivity contribution in [2.45, 2.75) is 38.2 Å². The SMILES string of the molecule is COC1CN(C(=O)c2ccc3c(n2)C(C)(C)CN3c2ccc(Cl)c(F)c2)CCC1CC(=O)O. The van der Waals surface area contributed by atoms with Crippen molar-refractivity contribution in [3.8, 4) is 0 Å². The molecule has 1 aromatic heterocycles. The Morgan fingerprint density at radius 2 is 2.06 bits per heavy atom. The lowest BCUT2D eigenvalue weighted by Crippen LogP contribution is -2.48. The number of nitrogens with zero attached hydrogens (tertiary/aromatic N) is 3. The number of aliphatic carboxylic acids is 1. The Labute approximate surface area is 197 Å². The highest BCUT2D eigenvalue weighted by atomic mass is 35.5. The van der Waals surface area contributed by atoms with Crippen LogP contribution in [0.1, 0.15) is 42.9 Å². The number of rotatable bonds is 5. The molecule has 0 saturated carbocycles. The van der Waals surface area contributed by atoms with Crippen LogP contribution >= 0.6 is 11.6 Å². The smallest absolute Gasteiger partial charge is 0.303 e. The molecule has 9 heteroatoms. The molecule has 1 saturated heterocycles. The van der Waals surface area contributed by atoms with E-state index < -0.39 is 11.8 Å². The molecule has 0 radical (unpaired) electrons. The Hall–Kier alpha value is -2.71. The molecule has 3 heterocycles. The van der Waals surface area contributed by atoms with Gasteiger partial charge >= 0.3 is 5.97 Å². The molecular weight excluding hydrogens is 449 g/mol. The minimum atomic E-state index is -0.866.